The lowest BCUT2D eigenvalue weighted by Crippen LogP contribution is -2.47. The number of aliphatic hydroxyl groups excluding tert-OH is 1. The fourth-order valence-corrected chi connectivity index (χ4v) is 4.36. The van der Waals surface area contributed by atoms with Crippen LogP contribution in [0, 0.1) is 5.92 Å². The van der Waals surface area contributed by atoms with Crippen LogP contribution in [0.3, 0.4) is 0 Å². The van der Waals surface area contributed by atoms with Gasteiger partial charge in [-0.1, -0.05) is 31.4 Å². The molecule has 0 aromatic heterocycles. The van der Waals surface area contributed by atoms with E-state index in [-0.39, 0.29) is 17.9 Å². The van der Waals surface area contributed by atoms with E-state index < -0.39 is 5.41 Å². The quantitative estimate of drug-likeness (QED) is 0.922. The third kappa shape index (κ3) is 3.16. The molecule has 2 unspecified atom stereocenters. The van der Waals surface area contributed by atoms with Crippen molar-refractivity contribution in [2.75, 3.05) is 20.2 Å². The van der Waals surface area contributed by atoms with Gasteiger partial charge in [-0.15, -0.1) is 0 Å². The predicted molar refractivity (Wildman–Crippen MR) is 94.1 cm³/mol. The molecular formula is C20H29NO3. The minimum Gasteiger partial charge on any atom is -0.497 e. The van der Waals surface area contributed by atoms with Crippen LogP contribution in [-0.4, -0.2) is 42.2 Å². The number of rotatable bonds is 4. The maximum Gasteiger partial charge on any atom is 0.233 e. The highest BCUT2D eigenvalue weighted by molar-refractivity contribution is 5.88. The smallest absolute Gasteiger partial charge is 0.233 e. The van der Waals surface area contributed by atoms with E-state index in [0.717, 1.165) is 50.0 Å². The summed E-state index contributed by atoms with van der Waals surface area (Å²) < 4.78 is 5.27. The van der Waals surface area contributed by atoms with Gasteiger partial charge in [0.1, 0.15) is 5.75 Å². The molecule has 4 nitrogen and oxygen atoms in total. The number of likely N-dealkylation sites (tertiary alicyclic amines) is 1. The van der Waals surface area contributed by atoms with E-state index in [9.17, 15) is 9.90 Å². The first kappa shape index (κ1) is 17.3. The van der Waals surface area contributed by atoms with Crippen molar-refractivity contribution >= 4 is 5.91 Å². The molecule has 1 heterocycles. The number of hydrogen-bond acceptors (Lipinski definition) is 3. The van der Waals surface area contributed by atoms with Gasteiger partial charge in [-0.3, -0.25) is 4.79 Å². The molecule has 0 spiro atoms. The molecule has 1 saturated carbocycles. The summed E-state index contributed by atoms with van der Waals surface area (Å²) >= 11 is 0. The zero-order valence-corrected chi connectivity index (χ0v) is 14.8. The van der Waals surface area contributed by atoms with Crippen molar-refractivity contribution in [1.82, 2.24) is 4.90 Å². The minimum absolute atomic E-state index is 0.213. The number of aliphatic hydroxyl groups is 1. The van der Waals surface area contributed by atoms with Crippen molar-refractivity contribution in [3.05, 3.63) is 29.8 Å². The van der Waals surface area contributed by atoms with E-state index in [1.54, 1.807) is 7.11 Å². The van der Waals surface area contributed by atoms with Gasteiger partial charge < -0.3 is 14.7 Å². The second-order valence-corrected chi connectivity index (χ2v) is 7.41. The number of nitrogens with zero attached hydrogens (tertiary/aromatic N) is 1. The molecule has 4 heteroatoms. The molecule has 2 atom stereocenters. The molecule has 1 aliphatic heterocycles. The molecule has 1 aliphatic carbocycles. The number of carbonyl (C=O) groups excluding carboxylic acids is 1. The second kappa shape index (κ2) is 7.14. The Labute approximate surface area is 144 Å². The van der Waals surface area contributed by atoms with Crippen molar-refractivity contribution in [1.29, 1.82) is 0 Å². The maximum atomic E-state index is 13.5. The summed E-state index contributed by atoms with van der Waals surface area (Å²) in [6, 6.07) is 8.04. The van der Waals surface area contributed by atoms with Gasteiger partial charge >= 0.3 is 0 Å². The van der Waals surface area contributed by atoms with Crippen LogP contribution < -0.4 is 4.74 Å². The largest absolute Gasteiger partial charge is 0.497 e. The standard InChI is InChI=1S/C20H29NO3/c1-15(22)16-10-13-21(14-16)19(23)20(11-4-3-5-12-20)17-6-8-18(24-2)9-7-17/h6-9,15-16,22H,3-5,10-14H2,1-2H3. The molecule has 1 N–H and O–H groups in total. The molecule has 1 aromatic rings. The zero-order chi connectivity index (χ0) is 17.2. The summed E-state index contributed by atoms with van der Waals surface area (Å²) in [5.41, 5.74) is 0.728. The number of methoxy groups -OCH3 is 1. The van der Waals surface area contributed by atoms with E-state index in [1.165, 1.54) is 6.42 Å². The molecule has 132 valence electrons. The van der Waals surface area contributed by atoms with E-state index in [1.807, 2.05) is 24.0 Å². The van der Waals surface area contributed by atoms with Crippen LogP contribution in [0.25, 0.3) is 0 Å². The van der Waals surface area contributed by atoms with Crippen molar-refractivity contribution in [2.45, 2.75) is 57.0 Å². The average Bonchev–Trinajstić information content (AvgIpc) is 3.12. The highest BCUT2D eigenvalue weighted by Crippen LogP contribution is 2.42. The molecule has 1 amide bonds. The Balaban J connectivity index is 1.86. The Hall–Kier alpha value is -1.55. The highest BCUT2D eigenvalue weighted by Gasteiger charge is 2.45. The summed E-state index contributed by atoms with van der Waals surface area (Å²) in [6.07, 6.45) is 5.83. The first-order valence-corrected chi connectivity index (χ1v) is 9.19. The molecule has 2 aliphatic rings. The molecule has 1 aromatic carbocycles. The van der Waals surface area contributed by atoms with Gasteiger partial charge in [0.25, 0.3) is 0 Å². The Morgan fingerprint density at radius 3 is 2.46 bits per heavy atom. The van der Waals surface area contributed by atoms with E-state index in [0.29, 0.717) is 6.54 Å². The fourth-order valence-electron chi connectivity index (χ4n) is 4.36. The molecule has 3 rings (SSSR count). The van der Waals surface area contributed by atoms with Crippen molar-refractivity contribution < 1.29 is 14.6 Å². The summed E-state index contributed by atoms with van der Waals surface area (Å²) in [5.74, 6) is 1.30. The third-order valence-electron chi connectivity index (χ3n) is 5.95. The number of benzene rings is 1. The first-order valence-electron chi connectivity index (χ1n) is 9.19. The Bertz CT molecular complexity index is 561. The van der Waals surface area contributed by atoms with Gasteiger partial charge in [0.05, 0.1) is 18.6 Å². The number of hydrogen-bond donors (Lipinski definition) is 1. The average molecular weight is 331 g/mol. The lowest BCUT2D eigenvalue weighted by atomic mass is 9.68. The predicted octanol–water partition coefficient (Wildman–Crippen LogP) is 3.13. The summed E-state index contributed by atoms with van der Waals surface area (Å²) in [6.45, 7) is 3.29. The third-order valence-corrected chi connectivity index (χ3v) is 5.95. The highest BCUT2D eigenvalue weighted by atomic mass is 16.5. The SMILES string of the molecule is COc1ccc(C2(C(=O)N3CCC(C(C)O)C3)CCCCC2)cc1. The Kier molecular flexibility index (Phi) is 5.14. The van der Waals surface area contributed by atoms with Crippen LogP contribution in [0.4, 0.5) is 0 Å². The molecule has 0 bridgehead atoms. The van der Waals surface area contributed by atoms with Crippen LogP contribution in [-0.2, 0) is 10.2 Å². The van der Waals surface area contributed by atoms with Crippen LogP contribution in [0.5, 0.6) is 5.75 Å². The van der Waals surface area contributed by atoms with E-state index in [4.69, 9.17) is 4.74 Å². The van der Waals surface area contributed by atoms with Crippen LogP contribution >= 0.6 is 0 Å². The monoisotopic (exact) mass is 331 g/mol. The van der Waals surface area contributed by atoms with Crippen LogP contribution in [0.1, 0.15) is 51.0 Å². The summed E-state index contributed by atoms with van der Waals surface area (Å²) in [5, 5.41) is 9.85. The van der Waals surface area contributed by atoms with Gasteiger partial charge in [0.15, 0.2) is 0 Å². The molecule has 24 heavy (non-hydrogen) atoms. The van der Waals surface area contributed by atoms with Gasteiger partial charge in [-0.05, 0) is 43.9 Å². The molecule has 0 radical (unpaired) electrons. The van der Waals surface area contributed by atoms with Gasteiger partial charge in [-0.25, -0.2) is 0 Å². The van der Waals surface area contributed by atoms with Crippen LogP contribution in [0.15, 0.2) is 24.3 Å². The summed E-state index contributed by atoms with van der Waals surface area (Å²) in [4.78, 5) is 15.5. The van der Waals surface area contributed by atoms with Crippen molar-refractivity contribution in [3.63, 3.8) is 0 Å². The number of amides is 1. The van der Waals surface area contributed by atoms with Crippen molar-refractivity contribution in [2.24, 2.45) is 5.92 Å². The van der Waals surface area contributed by atoms with E-state index in [2.05, 4.69) is 12.1 Å². The number of ether oxygens (including phenoxy) is 1. The normalized spacial score (nSPS) is 24.6. The topological polar surface area (TPSA) is 49.8 Å². The molecular weight excluding hydrogens is 302 g/mol. The lowest BCUT2D eigenvalue weighted by Gasteiger charge is -2.39. The van der Waals surface area contributed by atoms with Crippen LogP contribution in [0.2, 0.25) is 0 Å². The molecule has 1 saturated heterocycles. The lowest BCUT2D eigenvalue weighted by molar-refractivity contribution is -0.138. The summed E-state index contributed by atoms with van der Waals surface area (Å²) in [7, 11) is 1.66. The Morgan fingerprint density at radius 1 is 1.25 bits per heavy atom. The minimum atomic E-state index is -0.391. The molecule has 2 fully saturated rings. The van der Waals surface area contributed by atoms with Crippen molar-refractivity contribution in [3.8, 4) is 5.75 Å². The second-order valence-electron chi connectivity index (χ2n) is 7.41. The Morgan fingerprint density at radius 2 is 1.92 bits per heavy atom. The fraction of sp³-hybridized carbons (Fsp3) is 0.650. The maximum absolute atomic E-state index is 13.5. The number of carbonyl (C=O) groups is 1. The van der Waals surface area contributed by atoms with Gasteiger partial charge in [-0.2, -0.15) is 0 Å². The van der Waals surface area contributed by atoms with Gasteiger partial charge in [0.2, 0.25) is 5.91 Å². The van der Waals surface area contributed by atoms with E-state index >= 15 is 0 Å². The zero-order valence-electron chi connectivity index (χ0n) is 14.8. The first-order chi connectivity index (χ1) is 11.6. The van der Waals surface area contributed by atoms with Gasteiger partial charge in [0, 0.05) is 19.0 Å².